The smallest absolute Gasteiger partial charge is 0.129 e. The molecule has 1 saturated heterocycles. The molecule has 1 unspecified atom stereocenters. The quantitative estimate of drug-likeness (QED) is 0.926. The Bertz CT molecular complexity index is 490. The number of hydrogen-bond donors (Lipinski definition) is 1. The molecule has 0 saturated carbocycles. The molecule has 1 aromatic heterocycles. The van der Waals surface area contributed by atoms with Crippen molar-refractivity contribution >= 4 is 17.4 Å². The second-order valence-corrected chi connectivity index (χ2v) is 7.15. The number of nitrogens with one attached hydrogen (secondary N) is 1. The Balaban J connectivity index is 2.17. The van der Waals surface area contributed by atoms with E-state index < -0.39 is 0 Å². The molecule has 1 aliphatic rings. The molecule has 0 aliphatic carbocycles. The van der Waals surface area contributed by atoms with Crippen molar-refractivity contribution in [3.05, 3.63) is 22.8 Å². The maximum Gasteiger partial charge on any atom is 0.129 e. The number of hydrogen-bond acceptors (Lipinski definition) is 4. The maximum atomic E-state index is 6.26. The summed E-state index contributed by atoms with van der Waals surface area (Å²) in [6.45, 7) is 13.0. The van der Waals surface area contributed by atoms with Gasteiger partial charge in [0, 0.05) is 31.9 Å². The first-order chi connectivity index (χ1) is 9.77. The zero-order chi connectivity index (χ0) is 15.6. The molecular formula is C16H26ClN3O. The van der Waals surface area contributed by atoms with Gasteiger partial charge in [-0.15, -0.1) is 0 Å². The molecule has 1 aromatic rings. The highest BCUT2D eigenvalue weighted by molar-refractivity contribution is 6.31. The first-order valence-corrected chi connectivity index (χ1v) is 7.95. The molecule has 1 atom stereocenters. The van der Waals surface area contributed by atoms with Crippen LogP contribution in [0.25, 0.3) is 0 Å². The minimum Gasteiger partial charge on any atom is -0.369 e. The van der Waals surface area contributed by atoms with Crippen LogP contribution >= 0.6 is 11.6 Å². The number of halogens is 1. The summed E-state index contributed by atoms with van der Waals surface area (Å²) < 4.78 is 5.95. The molecular weight excluding hydrogens is 286 g/mol. The molecule has 1 N–H and O–H groups in total. The number of aromatic nitrogens is 1. The van der Waals surface area contributed by atoms with E-state index in [1.807, 2.05) is 0 Å². The molecule has 1 fully saturated rings. The van der Waals surface area contributed by atoms with Crippen LogP contribution in [-0.2, 0) is 11.3 Å². The number of rotatable bonds is 4. The van der Waals surface area contributed by atoms with Gasteiger partial charge >= 0.3 is 0 Å². The Labute approximate surface area is 132 Å². The van der Waals surface area contributed by atoms with E-state index in [0.29, 0.717) is 11.1 Å². The van der Waals surface area contributed by atoms with E-state index in [1.54, 1.807) is 6.20 Å². The van der Waals surface area contributed by atoms with E-state index in [-0.39, 0.29) is 11.7 Å². The minimum atomic E-state index is -0.157. The lowest BCUT2D eigenvalue weighted by Crippen LogP contribution is -2.52. The van der Waals surface area contributed by atoms with Crippen LogP contribution in [0.3, 0.4) is 0 Å². The molecule has 2 rings (SSSR count). The summed E-state index contributed by atoms with van der Waals surface area (Å²) >= 11 is 6.26. The average Bonchev–Trinajstić information content (AvgIpc) is 2.35. The van der Waals surface area contributed by atoms with E-state index in [2.05, 4.69) is 55.9 Å². The summed E-state index contributed by atoms with van der Waals surface area (Å²) in [5.74, 6) is 0.975. The summed E-state index contributed by atoms with van der Waals surface area (Å²) in [7, 11) is 0. The van der Waals surface area contributed by atoms with Crippen molar-refractivity contribution in [2.45, 2.75) is 58.9 Å². The predicted molar refractivity (Wildman–Crippen MR) is 88.1 cm³/mol. The molecule has 0 radical (unpaired) electrons. The molecule has 0 amide bonds. The third-order valence-corrected chi connectivity index (χ3v) is 3.85. The van der Waals surface area contributed by atoms with Gasteiger partial charge < -0.3 is 15.0 Å². The van der Waals surface area contributed by atoms with Gasteiger partial charge in [0.1, 0.15) is 5.82 Å². The molecule has 0 bridgehead atoms. The highest BCUT2D eigenvalue weighted by Gasteiger charge is 2.32. The predicted octanol–water partition coefficient (Wildman–Crippen LogP) is 3.24. The highest BCUT2D eigenvalue weighted by Crippen LogP contribution is 2.27. The van der Waals surface area contributed by atoms with Crippen LogP contribution in [0.4, 0.5) is 5.82 Å². The number of ether oxygens (including phenoxy) is 1. The topological polar surface area (TPSA) is 37.4 Å². The molecule has 0 spiro atoms. The SMILES string of the molecule is CC(C)NCc1cc(N2CC(C)OC(C)(C)C2)ncc1Cl. The Morgan fingerprint density at radius 1 is 1.52 bits per heavy atom. The van der Waals surface area contributed by atoms with Crippen LogP contribution < -0.4 is 10.2 Å². The summed E-state index contributed by atoms with van der Waals surface area (Å²) in [6.07, 6.45) is 1.95. The van der Waals surface area contributed by atoms with Gasteiger partial charge in [-0.25, -0.2) is 4.98 Å². The van der Waals surface area contributed by atoms with Gasteiger partial charge in [-0.05, 0) is 32.4 Å². The molecule has 4 nitrogen and oxygen atoms in total. The lowest BCUT2D eigenvalue weighted by atomic mass is 10.1. The summed E-state index contributed by atoms with van der Waals surface area (Å²) in [5.41, 5.74) is 0.933. The fourth-order valence-corrected chi connectivity index (χ4v) is 2.89. The summed E-state index contributed by atoms with van der Waals surface area (Å²) in [6, 6.07) is 2.52. The summed E-state index contributed by atoms with van der Waals surface area (Å²) in [4.78, 5) is 6.78. The van der Waals surface area contributed by atoms with Crippen LogP contribution in [0.2, 0.25) is 5.02 Å². The normalized spacial score (nSPS) is 21.9. The van der Waals surface area contributed by atoms with Gasteiger partial charge in [-0.2, -0.15) is 0 Å². The van der Waals surface area contributed by atoms with E-state index in [1.165, 1.54) is 0 Å². The Hall–Kier alpha value is -0.840. The second kappa shape index (κ2) is 6.51. The number of nitrogens with zero attached hydrogens (tertiary/aromatic N) is 2. The molecule has 5 heteroatoms. The van der Waals surface area contributed by atoms with Crippen LogP contribution in [0.1, 0.15) is 40.2 Å². The lowest BCUT2D eigenvalue weighted by molar-refractivity contribution is -0.0751. The maximum absolute atomic E-state index is 6.26. The van der Waals surface area contributed by atoms with Gasteiger partial charge in [0.25, 0.3) is 0 Å². The monoisotopic (exact) mass is 311 g/mol. The zero-order valence-electron chi connectivity index (χ0n) is 13.6. The van der Waals surface area contributed by atoms with E-state index in [4.69, 9.17) is 16.3 Å². The highest BCUT2D eigenvalue weighted by atomic mass is 35.5. The van der Waals surface area contributed by atoms with Crippen LogP contribution in [-0.4, -0.2) is 35.8 Å². The zero-order valence-corrected chi connectivity index (χ0v) is 14.4. The van der Waals surface area contributed by atoms with Gasteiger partial charge in [-0.1, -0.05) is 25.4 Å². The van der Waals surface area contributed by atoms with Crippen LogP contribution in [0.15, 0.2) is 12.3 Å². The average molecular weight is 312 g/mol. The first kappa shape index (κ1) is 16.5. The third-order valence-electron chi connectivity index (χ3n) is 3.51. The fraction of sp³-hybridized carbons (Fsp3) is 0.688. The molecule has 21 heavy (non-hydrogen) atoms. The third kappa shape index (κ3) is 4.56. The Morgan fingerprint density at radius 3 is 2.86 bits per heavy atom. The van der Waals surface area contributed by atoms with Crippen molar-refractivity contribution in [1.82, 2.24) is 10.3 Å². The summed E-state index contributed by atoms with van der Waals surface area (Å²) in [5, 5.41) is 4.12. The largest absolute Gasteiger partial charge is 0.369 e. The molecule has 2 heterocycles. The number of morpholine rings is 1. The van der Waals surface area contributed by atoms with Crippen LogP contribution in [0.5, 0.6) is 0 Å². The van der Waals surface area contributed by atoms with Crippen molar-refractivity contribution in [1.29, 1.82) is 0 Å². The van der Waals surface area contributed by atoms with Crippen molar-refractivity contribution in [3.8, 4) is 0 Å². The van der Waals surface area contributed by atoms with Gasteiger partial charge in [0.2, 0.25) is 0 Å². The van der Waals surface area contributed by atoms with E-state index in [9.17, 15) is 0 Å². The van der Waals surface area contributed by atoms with Crippen molar-refractivity contribution in [2.24, 2.45) is 0 Å². The van der Waals surface area contributed by atoms with Gasteiger partial charge in [0.15, 0.2) is 0 Å². The van der Waals surface area contributed by atoms with E-state index in [0.717, 1.165) is 31.0 Å². The van der Waals surface area contributed by atoms with Crippen LogP contribution in [0, 0.1) is 0 Å². The lowest BCUT2D eigenvalue weighted by Gasteiger charge is -2.42. The molecule has 1 aliphatic heterocycles. The number of pyridine rings is 1. The second-order valence-electron chi connectivity index (χ2n) is 6.74. The Morgan fingerprint density at radius 2 is 2.24 bits per heavy atom. The van der Waals surface area contributed by atoms with E-state index >= 15 is 0 Å². The van der Waals surface area contributed by atoms with Crippen molar-refractivity contribution in [3.63, 3.8) is 0 Å². The van der Waals surface area contributed by atoms with Crippen molar-refractivity contribution in [2.75, 3.05) is 18.0 Å². The first-order valence-electron chi connectivity index (χ1n) is 7.57. The molecule has 0 aromatic carbocycles. The van der Waals surface area contributed by atoms with Gasteiger partial charge in [0.05, 0.1) is 16.7 Å². The fourth-order valence-electron chi connectivity index (χ4n) is 2.72. The van der Waals surface area contributed by atoms with Crippen molar-refractivity contribution < 1.29 is 4.74 Å². The molecule has 118 valence electrons. The minimum absolute atomic E-state index is 0.157. The van der Waals surface area contributed by atoms with Gasteiger partial charge in [-0.3, -0.25) is 0 Å². The Kier molecular flexibility index (Phi) is 5.12. The number of anilines is 1. The standard InChI is InChI=1S/C16H26ClN3O/c1-11(2)18-7-13-6-15(19-8-14(13)17)20-9-12(3)21-16(4,5)10-20/h6,8,11-12,18H,7,9-10H2,1-5H3.